The molecule has 9 nitrogen and oxygen atoms in total. The summed E-state index contributed by atoms with van der Waals surface area (Å²) < 4.78 is 5.71. The minimum absolute atomic E-state index is 0.0173. The van der Waals surface area contributed by atoms with Gasteiger partial charge in [-0.3, -0.25) is 14.5 Å². The van der Waals surface area contributed by atoms with Crippen molar-refractivity contribution in [2.24, 2.45) is 0 Å². The molecule has 2 fully saturated rings. The number of rotatable bonds is 8. The van der Waals surface area contributed by atoms with Crippen LogP contribution in [0.2, 0.25) is 0 Å². The van der Waals surface area contributed by atoms with Crippen molar-refractivity contribution in [3.63, 3.8) is 0 Å². The van der Waals surface area contributed by atoms with Gasteiger partial charge in [0.1, 0.15) is 5.75 Å². The van der Waals surface area contributed by atoms with Crippen molar-refractivity contribution in [3.05, 3.63) is 48.3 Å². The van der Waals surface area contributed by atoms with Crippen molar-refractivity contribution in [1.82, 2.24) is 25.1 Å². The maximum Gasteiger partial charge on any atom is 0.260 e. The number of piperidine rings is 1. The molecular formula is C26H36N6O3. The van der Waals surface area contributed by atoms with Gasteiger partial charge in [0, 0.05) is 69.3 Å². The molecule has 2 aliphatic heterocycles. The predicted molar refractivity (Wildman–Crippen MR) is 135 cm³/mol. The van der Waals surface area contributed by atoms with E-state index in [-0.39, 0.29) is 30.5 Å². The average Bonchev–Trinajstić information content (AvgIpc) is 2.88. The summed E-state index contributed by atoms with van der Waals surface area (Å²) in [6.07, 6.45) is 6.77. The number of amides is 2. The Labute approximate surface area is 207 Å². The monoisotopic (exact) mass is 480 g/mol. The van der Waals surface area contributed by atoms with E-state index in [1.807, 2.05) is 11.0 Å². The van der Waals surface area contributed by atoms with Crippen LogP contribution in [-0.4, -0.2) is 89.5 Å². The minimum atomic E-state index is -0.111. The fourth-order valence-corrected chi connectivity index (χ4v) is 4.89. The van der Waals surface area contributed by atoms with Crippen molar-refractivity contribution >= 4 is 17.8 Å². The molecule has 3 heterocycles. The van der Waals surface area contributed by atoms with Gasteiger partial charge < -0.3 is 19.9 Å². The van der Waals surface area contributed by atoms with Crippen LogP contribution in [0.15, 0.2) is 42.7 Å². The molecule has 1 N–H and O–H groups in total. The molecule has 2 unspecified atom stereocenters. The maximum absolute atomic E-state index is 12.6. The second-order valence-electron chi connectivity index (χ2n) is 9.38. The van der Waals surface area contributed by atoms with Gasteiger partial charge in [-0.2, -0.15) is 0 Å². The van der Waals surface area contributed by atoms with E-state index in [0.29, 0.717) is 17.9 Å². The summed E-state index contributed by atoms with van der Waals surface area (Å²) in [4.78, 5) is 40.2. The Bertz CT molecular complexity index is 953. The van der Waals surface area contributed by atoms with Crippen molar-refractivity contribution in [3.8, 4) is 5.75 Å². The molecule has 0 radical (unpaired) electrons. The molecule has 188 valence electrons. The van der Waals surface area contributed by atoms with E-state index in [0.717, 1.165) is 57.9 Å². The third kappa shape index (κ3) is 6.69. The third-order valence-corrected chi connectivity index (χ3v) is 6.88. The lowest BCUT2D eigenvalue weighted by Gasteiger charge is -2.38. The van der Waals surface area contributed by atoms with Crippen LogP contribution < -0.4 is 15.0 Å². The van der Waals surface area contributed by atoms with E-state index in [4.69, 9.17) is 4.74 Å². The van der Waals surface area contributed by atoms with Crippen LogP contribution in [0, 0.1) is 0 Å². The molecule has 1 aromatic carbocycles. The molecule has 1 aromatic heterocycles. The standard InChI is InChI=1S/C26H36N6O3/c1-20-5-3-6-21(2)32(20)24(33)19-35-23-9-7-22(8-10-23)25(34)27-13-14-30-15-17-31(18-16-30)26-28-11-4-12-29-26/h4,7-12,20-21H,3,5-6,13-19H2,1-2H3,(H,27,34). The Kier molecular flexibility index (Phi) is 8.52. The molecule has 9 heteroatoms. The zero-order valence-electron chi connectivity index (χ0n) is 20.7. The number of carbonyl (C=O) groups is 2. The van der Waals surface area contributed by atoms with E-state index in [1.54, 1.807) is 36.7 Å². The van der Waals surface area contributed by atoms with Crippen LogP contribution in [0.1, 0.15) is 43.5 Å². The van der Waals surface area contributed by atoms with Gasteiger partial charge in [0.2, 0.25) is 5.95 Å². The maximum atomic E-state index is 12.6. The number of likely N-dealkylation sites (tertiary alicyclic amines) is 1. The second-order valence-corrected chi connectivity index (χ2v) is 9.38. The summed E-state index contributed by atoms with van der Waals surface area (Å²) in [5.41, 5.74) is 0.577. The first-order chi connectivity index (χ1) is 17.0. The summed E-state index contributed by atoms with van der Waals surface area (Å²) in [6.45, 7) is 9.16. The van der Waals surface area contributed by atoms with Gasteiger partial charge in [-0.15, -0.1) is 0 Å². The Balaban J connectivity index is 1.16. The van der Waals surface area contributed by atoms with E-state index in [9.17, 15) is 9.59 Å². The second kappa shape index (κ2) is 12.0. The Morgan fingerprint density at radius 2 is 1.66 bits per heavy atom. The van der Waals surface area contributed by atoms with Crippen LogP contribution in [0.4, 0.5) is 5.95 Å². The molecule has 0 bridgehead atoms. The van der Waals surface area contributed by atoms with Gasteiger partial charge in [-0.05, 0) is 63.4 Å². The highest BCUT2D eigenvalue weighted by atomic mass is 16.5. The van der Waals surface area contributed by atoms with Gasteiger partial charge in [0.15, 0.2) is 6.61 Å². The van der Waals surface area contributed by atoms with Crippen molar-refractivity contribution in [2.45, 2.75) is 45.2 Å². The molecule has 35 heavy (non-hydrogen) atoms. The number of hydrogen-bond donors (Lipinski definition) is 1. The van der Waals surface area contributed by atoms with E-state index >= 15 is 0 Å². The van der Waals surface area contributed by atoms with Crippen molar-refractivity contribution in [1.29, 1.82) is 0 Å². The van der Waals surface area contributed by atoms with Crippen molar-refractivity contribution in [2.75, 3.05) is 50.8 Å². The Morgan fingerprint density at radius 3 is 2.31 bits per heavy atom. The largest absolute Gasteiger partial charge is 0.484 e. The summed E-state index contributed by atoms with van der Waals surface area (Å²) in [5, 5.41) is 2.99. The van der Waals surface area contributed by atoms with Crippen LogP contribution in [0.5, 0.6) is 5.75 Å². The number of benzene rings is 1. The topological polar surface area (TPSA) is 90.9 Å². The lowest BCUT2D eigenvalue weighted by Crippen LogP contribution is -2.49. The zero-order chi connectivity index (χ0) is 24.6. The van der Waals surface area contributed by atoms with E-state index < -0.39 is 0 Å². The Hall–Kier alpha value is -3.20. The van der Waals surface area contributed by atoms with E-state index in [2.05, 4.69) is 38.9 Å². The number of piperazine rings is 1. The van der Waals surface area contributed by atoms with E-state index in [1.165, 1.54) is 0 Å². The van der Waals surface area contributed by atoms with Crippen LogP contribution in [-0.2, 0) is 4.79 Å². The predicted octanol–water partition coefficient (Wildman–Crippen LogP) is 2.20. The fourth-order valence-electron chi connectivity index (χ4n) is 4.89. The first-order valence-electron chi connectivity index (χ1n) is 12.6. The van der Waals surface area contributed by atoms with Gasteiger partial charge in [0.05, 0.1) is 0 Å². The normalized spacial score (nSPS) is 21.0. The first-order valence-corrected chi connectivity index (χ1v) is 12.6. The summed E-state index contributed by atoms with van der Waals surface area (Å²) in [6, 6.07) is 9.29. The van der Waals surface area contributed by atoms with Gasteiger partial charge in [-0.25, -0.2) is 9.97 Å². The highest BCUT2D eigenvalue weighted by Gasteiger charge is 2.29. The number of nitrogens with one attached hydrogen (secondary N) is 1. The lowest BCUT2D eigenvalue weighted by atomic mass is 9.97. The number of nitrogens with zero attached hydrogens (tertiary/aromatic N) is 5. The smallest absolute Gasteiger partial charge is 0.260 e. The number of ether oxygens (including phenoxy) is 1. The summed E-state index contributed by atoms with van der Waals surface area (Å²) >= 11 is 0. The lowest BCUT2D eigenvalue weighted by molar-refractivity contribution is -0.139. The highest BCUT2D eigenvalue weighted by Crippen LogP contribution is 2.23. The van der Waals surface area contributed by atoms with Gasteiger partial charge in [-0.1, -0.05) is 0 Å². The SMILES string of the molecule is CC1CCCC(C)N1C(=O)COc1ccc(C(=O)NCCN2CCN(c3ncccn3)CC2)cc1. The van der Waals surface area contributed by atoms with Gasteiger partial charge >= 0.3 is 0 Å². The molecule has 4 rings (SSSR count). The number of hydrogen-bond acceptors (Lipinski definition) is 7. The molecule has 0 spiro atoms. The van der Waals surface area contributed by atoms with Crippen LogP contribution in [0.25, 0.3) is 0 Å². The summed E-state index contributed by atoms with van der Waals surface area (Å²) in [5.74, 6) is 1.27. The number of aromatic nitrogens is 2. The van der Waals surface area contributed by atoms with Crippen LogP contribution >= 0.6 is 0 Å². The fraction of sp³-hybridized carbons (Fsp3) is 0.538. The first kappa shape index (κ1) is 24.9. The molecule has 0 aliphatic carbocycles. The molecule has 0 saturated carbocycles. The van der Waals surface area contributed by atoms with Crippen molar-refractivity contribution < 1.29 is 14.3 Å². The molecule has 2 aromatic rings. The quantitative estimate of drug-likeness (QED) is 0.619. The molecule has 2 saturated heterocycles. The number of anilines is 1. The molecule has 2 atom stereocenters. The third-order valence-electron chi connectivity index (χ3n) is 6.88. The van der Waals surface area contributed by atoms with Gasteiger partial charge in [0.25, 0.3) is 11.8 Å². The Morgan fingerprint density at radius 1 is 1.00 bits per heavy atom. The summed E-state index contributed by atoms with van der Waals surface area (Å²) in [7, 11) is 0. The molecular weight excluding hydrogens is 444 g/mol. The van der Waals surface area contributed by atoms with Crippen LogP contribution in [0.3, 0.4) is 0 Å². The highest BCUT2D eigenvalue weighted by molar-refractivity contribution is 5.94. The average molecular weight is 481 g/mol. The number of carbonyl (C=O) groups excluding carboxylic acids is 2. The molecule has 2 aliphatic rings. The zero-order valence-corrected chi connectivity index (χ0v) is 20.7. The molecule has 2 amide bonds. The minimum Gasteiger partial charge on any atom is -0.484 e.